The quantitative estimate of drug-likeness (QED) is 0.834. The SMILES string of the molecule is CC(C)(C)OC(=O)N1CCN(C(=O)CCC(=O)O)CC1. The number of aliphatic carboxylic acids is 1. The first-order valence-electron chi connectivity index (χ1n) is 6.66. The molecule has 7 nitrogen and oxygen atoms in total. The Balaban J connectivity index is 2.38. The van der Waals surface area contributed by atoms with Crippen LogP contribution in [0.1, 0.15) is 33.6 Å². The van der Waals surface area contributed by atoms with E-state index in [4.69, 9.17) is 9.84 Å². The molecule has 2 amide bonds. The van der Waals surface area contributed by atoms with Crippen molar-refractivity contribution >= 4 is 18.0 Å². The highest BCUT2D eigenvalue weighted by atomic mass is 16.6. The summed E-state index contributed by atoms with van der Waals surface area (Å²) in [5, 5.41) is 8.54. The molecule has 114 valence electrons. The second-order valence-corrected chi connectivity index (χ2v) is 5.74. The van der Waals surface area contributed by atoms with Crippen LogP contribution in [0.2, 0.25) is 0 Å². The molecule has 0 aliphatic carbocycles. The van der Waals surface area contributed by atoms with Gasteiger partial charge in [0.15, 0.2) is 0 Å². The smallest absolute Gasteiger partial charge is 0.410 e. The van der Waals surface area contributed by atoms with Crippen LogP contribution < -0.4 is 0 Å². The summed E-state index contributed by atoms with van der Waals surface area (Å²) in [4.78, 5) is 37.1. The van der Waals surface area contributed by atoms with Crippen LogP contribution in [0.3, 0.4) is 0 Å². The van der Waals surface area contributed by atoms with Gasteiger partial charge in [-0.2, -0.15) is 0 Å². The summed E-state index contributed by atoms with van der Waals surface area (Å²) in [6, 6.07) is 0. The van der Waals surface area contributed by atoms with Crippen molar-refractivity contribution in [3.8, 4) is 0 Å². The molecule has 0 bridgehead atoms. The molecule has 0 saturated carbocycles. The topological polar surface area (TPSA) is 87.2 Å². The van der Waals surface area contributed by atoms with Crippen LogP contribution in [0, 0.1) is 0 Å². The molecule has 1 rings (SSSR count). The predicted molar refractivity (Wildman–Crippen MR) is 71.3 cm³/mol. The van der Waals surface area contributed by atoms with Crippen molar-refractivity contribution in [2.24, 2.45) is 0 Å². The van der Waals surface area contributed by atoms with Crippen LogP contribution in [0.15, 0.2) is 0 Å². The summed E-state index contributed by atoms with van der Waals surface area (Å²) in [6.45, 7) is 7.06. The van der Waals surface area contributed by atoms with E-state index < -0.39 is 11.6 Å². The zero-order valence-electron chi connectivity index (χ0n) is 12.2. The van der Waals surface area contributed by atoms with E-state index in [1.165, 1.54) is 0 Å². The van der Waals surface area contributed by atoms with Crippen LogP contribution in [0.4, 0.5) is 4.79 Å². The highest BCUT2D eigenvalue weighted by molar-refractivity contribution is 5.81. The number of ether oxygens (including phenoxy) is 1. The Morgan fingerprint density at radius 2 is 1.50 bits per heavy atom. The van der Waals surface area contributed by atoms with Crippen molar-refractivity contribution < 1.29 is 24.2 Å². The first kappa shape index (κ1) is 16.3. The van der Waals surface area contributed by atoms with E-state index in [9.17, 15) is 14.4 Å². The number of carboxylic acid groups (broad SMARTS) is 1. The number of nitrogens with zero attached hydrogens (tertiary/aromatic N) is 2. The van der Waals surface area contributed by atoms with Crippen molar-refractivity contribution in [3.05, 3.63) is 0 Å². The number of carboxylic acids is 1. The standard InChI is InChI=1S/C13H22N2O5/c1-13(2,3)20-12(19)15-8-6-14(7-9-15)10(16)4-5-11(17)18/h4-9H2,1-3H3,(H,17,18). The van der Waals surface area contributed by atoms with Crippen molar-refractivity contribution in [1.82, 2.24) is 9.80 Å². The average Bonchev–Trinajstić information content (AvgIpc) is 2.34. The van der Waals surface area contributed by atoms with E-state index in [-0.39, 0.29) is 24.8 Å². The van der Waals surface area contributed by atoms with Gasteiger partial charge < -0.3 is 19.6 Å². The van der Waals surface area contributed by atoms with Gasteiger partial charge in [0.25, 0.3) is 0 Å². The van der Waals surface area contributed by atoms with E-state index in [1.54, 1.807) is 30.6 Å². The summed E-state index contributed by atoms with van der Waals surface area (Å²) in [6.07, 6.45) is -0.539. The van der Waals surface area contributed by atoms with Gasteiger partial charge in [0.05, 0.1) is 6.42 Å². The Kier molecular flexibility index (Phi) is 5.35. The minimum atomic E-state index is -0.981. The summed E-state index contributed by atoms with van der Waals surface area (Å²) in [5.41, 5.74) is -0.536. The molecule has 0 aromatic carbocycles. The fourth-order valence-corrected chi connectivity index (χ4v) is 1.84. The van der Waals surface area contributed by atoms with Crippen LogP contribution >= 0.6 is 0 Å². The summed E-state index contributed by atoms with van der Waals surface area (Å²) >= 11 is 0. The molecule has 0 aromatic heterocycles. The molecule has 7 heteroatoms. The Labute approximate surface area is 118 Å². The molecule has 1 N–H and O–H groups in total. The lowest BCUT2D eigenvalue weighted by Crippen LogP contribution is -2.51. The minimum absolute atomic E-state index is 0.00176. The third kappa shape index (κ3) is 5.46. The third-order valence-corrected chi connectivity index (χ3v) is 2.84. The fraction of sp³-hybridized carbons (Fsp3) is 0.769. The van der Waals surface area contributed by atoms with Crippen LogP contribution in [0.25, 0.3) is 0 Å². The van der Waals surface area contributed by atoms with Gasteiger partial charge in [-0.25, -0.2) is 4.79 Å². The maximum absolute atomic E-state index is 11.8. The van der Waals surface area contributed by atoms with Gasteiger partial charge in [-0.3, -0.25) is 9.59 Å². The summed E-state index contributed by atoms with van der Waals surface area (Å²) < 4.78 is 5.26. The lowest BCUT2D eigenvalue weighted by atomic mass is 10.2. The molecule has 0 radical (unpaired) electrons. The van der Waals surface area contributed by atoms with E-state index in [0.29, 0.717) is 26.2 Å². The Bertz CT molecular complexity index is 381. The molecule has 1 aliphatic heterocycles. The van der Waals surface area contributed by atoms with E-state index in [2.05, 4.69) is 0 Å². The molecule has 0 aromatic rings. The second kappa shape index (κ2) is 6.58. The number of carbonyl (C=O) groups is 3. The first-order chi connectivity index (χ1) is 9.19. The van der Waals surface area contributed by atoms with E-state index in [0.717, 1.165) is 0 Å². The maximum atomic E-state index is 11.8. The van der Waals surface area contributed by atoms with E-state index in [1.807, 2.05) is 0 Å². The minimum Gasteiger partial charge on any atom is -0.481 e. The first-order valence-corrected chi connectivity index (χ1v) is 6.66. The van der Waals surface area contributed by atoms with Gasteiger partial charge in [0.2, 0.25) is 5.91 Å². The Morgan fingerprint density at radius 1 is 1.00 bits per heavy atom. The van der Waals surface area contributed by atoms with E-state index >= 15 is 0 Å². The van der Waals surface area contributed by atoms with Crippen LogP contribution in [-0.4, -0.2) is 64.7 Å². The molecular weight excluding hydrogens is 264 g/mol. The van der Waals surface area contributed by atoms with Crippen LogP contribution in [0.5, 0.6) is 0 Å². The fourth-order valence-electron chi connectivity index (χ4n) is 1.84. The summed E-state index contributed by atoms with van der Waals surface area (Å²) in [7, 11) is 0. The van der Waals surface area contributed by atoms with Crippen molar-refractivity contribution in [2.75, 3.05) is 26.2 Å². The van der Waals surface area contributed by atoms with Gasteiger partial charge >= 0.3 is 12.1 Å². The Hall–Kier alpha value is -1.79. The molecule has 1 fully saturated rings. The highest BCUT2D eigenvalue weighted by Gasteiger charge is 2.27. The van der Waals surface area contributed by atoms with Gasteiger partial charge in [-0.05, 0) is 20.8 Å². The largest absolute Gasteiger partial charge is 0.481 e. The normalized spacial score (nSPS) is 15.9. The maximum Gasteiger partial charge on any atom is 0.410 e. The summed E-state index contributed by atoms with van der Waals surface area (Å²) in [5.74, 6) is -1.16. The number of piperazine rings is 1. The molecule has 0 atom stereocenters. The highest BCUT2D eigenvalue weighted by Crippen LogP contribution is 2.12. The van der Waals surface area contributed by atoms with Crippen LogP contribution in [-0.2, 0) is 14.3 Å². The number of hydrogen-bond acceptors (Lipinski definition) is 4. The number of hydrogen-bond donors (Lipinski definition) is 1. The number of amides is 2. The lowest BCUT2D eigenvalue weighted by molar-refractivity contribution is -0.141. The van der Waals surface area contributed by atoms with Gasteiger partial charge in [0, 0.05) is 32.6 Å². The van der Waals surface area contributed by atoms with Gasteiger partial charge in [-0.1, -0.05) is 0 Å². The van der Waals surface area contributed by atoms with Gasteiger partial charge in [0.1, 0.15) is 5.60 Å². The molecule has 1 heterocycles. The molecule has 20 heavy (non-hydrogen) atoms. The molecule has 1 aliphatic rings. The predicted octanol–water partition coefficient (Wildman–Crippen LogP) is 0.931. The molecule has 1 saturated heterocycles. The molecular formula is C13H22N2O5. The van der Waals surface area contributed by atoms with Crippen molar-refractivity contribution in [2.45, 2.75) is 39.2 Å². The molecule has 0 spiro atoms. The van der Waals surface area contributed by atoms with Gasteiger partial charge in [-0.15, -0.1) is 0 Å². The average molecular weight is 286 g/mol. The second-order valence-electron chi connectivity index (χ2n) is 5.74. The zero-order chi connectivity index (χ0) is 15.3. The lowest BCUT2D eigenvalue weighted by Gasteiger charge is -2.35. The third-order valence-electron chi connectivity index (χ3n) is 2.84. The monoisotopic (exact) mass is 286 g/mol. The number of carbonyl (C=O) groups excluding carboxylic acids is 2. The zero-order valence-corrected chi connectivity index (χ0v) is 12.2. The number of rotatable bonds is 3. The molecule has 0 unspecified atom stereocenters. The Morgan fingerprint density at radius 3 is 1.95 bits per heavy atom. The van der Waals surface area contributed by atoms with Crippen molar-refractivity contribution in [1.29, 1.82) is 0 Å². The van der Waals surface area contributed by atoms with Crippen molar-refractivity contribution in [3.63, 3.8) is 0 Å².